The lowest BCUT2D eigenvalue weighted by Crippen LogP contribution is -2.19. The van der Waals surface area contributed by atoms with E-state index >= 15 is 0 Å². The molecule has 0 saturated heterocycles. The van der Waals surface area contributed by atoms with E-state index < -0.39 is 0 Å². The number of carbonyl (C=O) groups is 1. The summed E-state index contributed by atoms with van der Waals surface area (Å²) in [4.78, 5) is 15.4. The molecule has 0 radical (unpaired) electrons. The van der Waals surface area contributed by atoms with Crippen molar-refractivity contribution in [2.45, 2.75) is 19.9 Å². The van der Waals surface area contributed by atoms with Crippen molar-refractivity contribution in [3.8, 4) is 0 Å². The van der Waals surface area contributed by atoms with Crippen LogP contribution in [-0.4, -0.2) is 24.1 Å². The standard InChI is InChI=1S/C13H16N2O3/c1-2-17-13(16)7-8-14-9-12-15-10-5-3-4-6-11(10)18-12/h3-6,14H,2,7-9H2,1H3. The van der Waals surface area contributed by atoms with E-state index in [1.807, 2.05) is 24.3 Å². The van der Waals surface area contributed by atoms with Crippen LogP contribution in [0.15, 0.2) is 28.7 Å². The number of hydrogen-bond acceptors (Lipinski definition) is 5. The van der Waals surface area contributed by atoms with Gasteiger partial charge in [0, 0.05) is 6.54 Å². The van der Waals surface area contributed by atoms with Crippen LogP contribution in [0.2, 0.25) is 0 Å². The van der Waals surface area contributed by atoms with Gasteiger partial charge in [0.15, 0.2) is 5.58 Å². The molecule has 96 valence electrons. The fourth-order valence-electron chi connectivity index (χ4n) is 1.61. The number of esters is 1. The Kier molecular flexibility index (Phi) is 4.30. The highest BCUT2D eigenvalue weighted by atomic mass is 16.5. The van der Waals surface area contributed by atoms with Gasteiger partial charge < -0.3 is 14.5 Å². The van der Waals surface area contributed by atoms with E-state index in [2.05, 4.69) is 10.3 Å². The predicted octanol–water partition coefficient (Wildman–Crippen LogP) is 1.87. The first kappa shape index (κ1) is 12.6. The average Bonchev–Trinajstić information content (AvgIpc) is 2.77. The first-order valence-electron chi connectivity index (χ1n) is 6.00. The van der Waals surface area contributed by atoms with Gasteiger partial charge in [0.2, 0.25) is 5.89 Å². The van der Waals surface area contributed by atoms with Gasteiger partial charge >= 0.3 is 5.97 Å². The SMILES string of the molecule is CCOC(=O)CCNCc1nc2ccccc2o1. The van der Waals surface area contributed by atoms with Gasteiger partial charge in [-0.15, -0.1) is 0 Å². The zero-order valence-corrected chi connectivity index (χ0v) is 10.3. The molecule has 0 atom stereocenters. The van der Waals surface area contributed by atoms with Gasteiger partial charge in [-0.25, -0.2) is 4.98 Å². The first-order chi connectivity index (χ1) is 8.79. The number of para-hydroxylation sites is 2. The second-order valence-electron chi connectivity index (χ2n) is 3.81. The second-order valence-corrected chi connectivity index (χ2v) is 3.81. The molecule has 1 aromatic heterocycles. The molecule has 0 aliphatic carbocycles. The molecule has 1 heterocycles. The summed E-state index contributed by atoms with van der Waals surface area (Å²) in [6.07, 6.45) is 0.355. The number of benzene rings is 1. The molecular weight excluding hydrogens is 232 g/mol. The van der Waals surface area contributed by atoms with Gasteiger partial charge in [-0.05, 0) is 19.1 Å². The summed E-state index contributed by atoms with van der Waals surface area (Å²) in [6.45, 7) is 3.28. The van der Waals surface area contributed by atoms with Crippen LogP contribution in [0.25, 0.3) is 11.1 Å². The molecule has 2 aromatic rings. The number of fused-ring (bicyclic) bond motifs is 1. The molecule has 0 spiro atoms. The molecule has 0 unspecified atom stereocenters. The molecule has 0 aliphatic rings. The van der Waals surface area contributed by atoms with E-state index in [0.717, 1.165) is 11.1 Å². The van der Waals surface area contributed by atoms with Crippen LogP contribution in [0.5, 0.6) is 0 Å². The fraction of sp³-hybridized carbons (Fsp3) is 0.385. The molecule has 0 saturated carbocycles. The second kappa shape index (κ2) is 6.16. The molecule has 0 bridgehead atoms. The predicted molar refractivity (Wildman–Crippen MR) is 67.0 cm³/mol. The van der Waals surface area contributed by atoms with Gasteiger partial charge in [0.05, 0.1) is 19.6 Å². The third-order valence-corrected chi connectivity index (χ3v) is 2.43. The van der Waals surface area contributed by atoms with Crippen molar-refractivity contribution in [2.24, 2.45) is 0 Å². The third kappa shape index (κ3) is 3.30. The van der Waals surface area contributed by atoms with Gasteiger partial charge in [-0.2, -0.15) is 0 Å². The highest BCUT2D eigenvalue weighted by Gasteiger charge is 2.05. The zero-order valence-electron chi connectivity index (χ0n) is 10.3. The van der Waals surface area contributed by atoms with Gasteiger partial charge in [0.1, 0.15) is 5.52 Å². The normalized spacial score (nSPS) is 10.7. The summed E-state index contributed by atoms with van der Waals surface area (Å²) >= 11 is 0. The lowest BCUT2D eigenvalue weighted by atomic mass is 10.3. The zero-order chi connectivity index (χ0) is 12.8. The molecule has 5 nitrogen and oxygen atoms in total. The number of ether oxygens (including phenoxy) is 1. The number of aromatic nitrogens is 1. The number of nitrogens with one attached hydrogen (secondary N) is 1. The van der Waals surface area contributed by atoms with Crippen LogP contribution in [0.3, 0.4) is 0 Å². The molecule has 1 N–H and O–H groups in total. The number of carbonyl (C=O) groups excluding carboxylic acids is 1. The Hall–Kier alpha value is -1.88. The van der Waals surface area contributed by atoms with Crippen molar-refractivity contribution in [1.82, 2.24) is 10.3 Å². The maximum Gasteiger partial charge on any atom is 0.307 e. The lowest BCUT2D eigenvalue weighted by Gasteiger charge is -2.02. The van der Waals surface area contributed by atoms with E-state index in [4.69, 9.17) is 9.15 Å². The first-order valence-corrected chi connectivity index (χ1v) is 6.00. The maximum absolute atomic E-state index is 11.1. The minimum absolute atomic E-state index is 0.192. The summed E-state index contributed by atoms with van der Waals surface area (Å²) in [5.41, 5.74) is 1.62. The molecular formula is C13H16N2O3. The Morgan fingerprint density at radius 1 is 1.44 bits per heavy atom. The summed E-state index contributed by atoms with van der Waals surface area (Å²) in [5.74, 6) is 0.433. The number of hydrogen-bond donors (Lipinski definition) is 1. The van der Waals surface area contributed by atoms with Crippen molar-refractivity contribution in [1.29, 1.82) is 0 Å². The van der Waals surface area contributed by atoms with E-state index in [-0.39, 0.29) is 5.97 Å². The molecule has 0 fully saturated rings. The average molecular weight is 248 g/mol. The van der Waals surface area contributed by atoms with Crippen molar-refractivity contribution in [3.05, 3.63) is 30.2 Å². The van der Waals surface area contributed by atoms with Gasteiger partial charge in [-0.1, -0.05) is 12.1 Å². The smallest absolute Gasteiger partial charge is 0.307 e. The van der Waals surface area contributed by atoms with Crippen molar-refractivity contribution >= 4 is 17.1 Å². The van der Waals surface area contributed by atoms with Crippen molar-refractivity contribution < 1.29 is 13.9 Å². The molecule has 18 heavy (non-hydrogen) atoms. The monoisotopic (exact) mass is 248 g/mol. The van der Waals surface area contributed by atoms with Crippen LogP contribution >= 0.6 is 0 Å². The van der Waals surface area contributed by atoms with Crippen LogP contribution in [0, 0.1) is 0 Å². The third-order valence-electron chi connectivity index (χ3n) is 2.43. The van der Waals surface area contributed by atoms with E-state index in [0.29, 0.717) is 32.0 Å². The summed E-state index contributed by atoms with van der Waals surface area (Å²) in [6, 6.07) is 7.61. The quantitative estimate of drug-likeness (QED) is 0.624. The topological polar surface area (TPSA) is 64.4 Å². The van der Waals surface area contributed by atoms with Gasteiger partial charge in [0.25, 0.3) is 0 Å². The lowest BCUT2D eigenvalue weighted by molar-refractivity contribution is -0.142. The molecule has 1 aromatic carbocycles. The summed E-state index contributed by atoms with van der Waals surface area (Å²) in [5, 5.41) is 3.09. The Morgan fingerprint density at radius 3 is 3.06 bits per heavy atom. The number of rotatable bonds is 6. The molecule has 5 heteroatoms. The number of nitrogens with zero attached hydrogens (tertiary/aromatic N) is 1. The van der Waals surface area contributed by atoms with E-state index in [1.54, 1.807) is 6.92 Å². The minimum atomic E-state index is -0.192. The Balaban J connectivity index is 1.78. The highest BCUT2D eigenvalue weighted by Crippen LogP contribution is 2.14. The Labute approximate surface area is 105 Å². The van der Waals surface area contributed by atoms with Crippen LogP contribution in [0.4, 0.5) is 0 Å². The molecule has 2 rings (SSSR count). The van der Waals surface area contributed by atoms with Crippen molar-refractivity contribution in [2.75, 3.05) is 13.2 Å². The van der Waals surface area contributed by atoms with E-state index in [1.165, 1.54) is 0 Å². The Morgan fingerprint density at radius 2 is 2.28 bits per heavy atom. The largest absolute Gasteiger partial charge is 0.466 e. The van der Waals surface area contributed by atoms with Crippen molar-refractivity contribution in [3.63, 3.8) is 0 Å². The molecule has 0 amide bonds. The molecule has 0 aliphatic heterocycles. The summed E-state index contributed by atoms with van der Waals surface area (Å²) < 4.78 is 10.4. The summed E-state index contributed by atoms with van der Waals surface area (Å²) in [7, 11) is 0. The van der Waals surface area contributed by atoms with Crippen LogP contribution in [-0.2, 0) is 16.1 Å². The van der Waals surface area contributed by atoms with Crippen LogP contribution in [0.1, 0.15) is 19.2 Å². The van der Waals surface area contributed by atoms with Crippen LogP contribution < -0.4 is 5.32 Å². The highest BCUT2D eigenvalue weighted by molar-refractivity contribution is 5.72. The van der Waals surface area contributed by atoms with E-state index in [9.17, 15) is 4.79 Å². The fourth-order valence-corrected chi connectivity index (χ4v) is 1.61. The Bertz CT molecular complexity index is 489. The minimum Gasteiger partial charge on any atom is -0.466 e. The van der Waals surface area contributed by atoms with Gasteiger partial charge in [-0.3, -0.25) is 4.79 Å². The maximum atomic E-state index is 11.1. The number of oxazole rings is 1.